The van der Waals surface area contributed by atoms with Crippen LogP contribution in [0.25, 0.3) is 0 Å². The molecule has 1 heterocycles. The Hall–Kier alpha value is -3.06. The van der Waals surface area contributed by atoms with Crippen LogP contribution in [0.5, 0.6) is 0 Å². The van der Waals surface area contributed by atoms with Gasteiger partial charge in [-0.15, -0.1) is 11.3 Å². The van der Waals surface area contributed by atoms with E-state index in [2.05, 4.69) is 5.32 Å². The maximum atomic E-state index is 14.2. The second-order valence-electron chi connectivity index (χ2n) is 8.30. The van der Waals surface area contributed by atoms with E-state index in [1.54, 1.807) is 12.1 Å². The monoisotopic (exact) mass is 468 g/mol. The van der Waals surface area contributed by atoms with Gasteiger partial charge < -0.3 is 5.32 Å². The summed E-state index contributed by atoms with van der Waals surface area (Å²) in [6.45, 7) is 0. The minimum Gasteiger partial charge on any atom is -0.351 e. The molecule has 2 amide bonds. The molecule has 4 nitrogen and oxygen atoms in total. The average Bonchev–Trinajstić information content (AvgIpc) is 3.31. The van der Waals surface area contributed by atoms with Crippen molar-refractivity contribution in [2.75, 3.05) is 4.90 Å². The van der Waals surface area contributed by atoms with Gasteiger partial charge >= 0.3 is 0 Å². The Labute approximate surface area is 196 Å². The molecule has 0 saturated heterocycles. The van der Waals surface area contributed by atoms with Crippen LogP contribution in [0, 0.1) is 11.6 Å². The van der Waals surface area contributed by atoms with Gasteiger partial charge in [-0.1, -0.05) is 43.5 Å². The molecule has 1 fully saturated rings. The van der Waals surface area contributed by atoms with Gasteiger partial charge in [0.05, 0.1) is 6.42 Å². The third kappa shape index (κ3) is 5.85. The van der Waals surface area contributed by atoms with Crippen molar-refractivity contribution in [2.24, 2.45) is 0 Å². The van der Waals surface area contributed by atoms with Crippen LogP contribution in [-0.4, -0.2) is 17.9 Å². The minimum atomic E-state index is -1.13. The molecular formula is C26H26F2N2O2S. The van der Waals surface area contributed by atoms with Gasteiger partial charge in [-0.3, -0.25) is 14.5 Å². The summed E-state index contributed by atoms with van der Waals surface area (Å²) in [5.41, 5.74) is 0.594. The van der Waals surface area contributed by atoms with Gasteiger partial charge in [-0.2, -0.15) is 0 Å². The van der Waals surface area contributed by atoms with E-state index < -0.39 is 23.6 Å². The third-order valence-electron chi connectivity index (χ3n) is 5.88. The van der Waals surface area contributed by atoms with Crippen molar-refractivity contribution in [1.29, 1.82) is 0 Å². The standard InChI is InChI=1S/C26H26F2N2O2S/c27-19-8-4-7-18(15-19)25(26(32)29-21-10-2-1-3-11-21)30(22-12-5-9-20(28)16-22)24(31)17-23-13-6-14-33-23/h4-9,12-16,21,25H,1-3,10-11,17H2,(H,29,32). The SMILES string of the molecule is O=C(NC1CCCCC1)C(c1cccc(F)c1)N(C(=O)Cc1cccs1)c1cccc(F)c1. The molecule has 0 radical (unpaired) electrons. The molecule has 3 aromatic rings. The van der Waals surface area contributed by atoms with E-state index in [1.165, 1.54) is 52.6 Å². The number of nitrogens with zero attached hydrogens (tertiary/aromatic N) is 1. The zero-order valence-corrected chi connectivity index (χ0v) is 19.0. The summed E-state index contributed by atoms with van der Waals surface area (Å²) < 4.78 is 28.4. The number of amides is 2. The number of halogens is 2. The smallest absolute Gasteiger partial charge is 0.248 e. The molecule has 172 valence electrons. The molecular weight excluding hydrogens is 442 g/mol. The molecule has 1 unspecified atom stereocenters. The van der Waals surface area contributed by atoms with E-state index in [9.17, 15) is 18.4 Å². The first-order valence-corrected chi connectivity index (χ1v) is 12.0. The summed E-state index contributed by atoms with van der Waals surface area (Å²) in [5, 5.41) is 4.94. The van der Waals surface area contributed by atoms with Crippen molar-refractivity contribution in [3.8, 4) is 0 Å². The van der Waals surface area contributed by atoms with Crippen LogP contribution >= 0.6 is 11.3 Å². The van der Waals surface area contributed by atoms with Gasteiger partial charge in [0, 0.05) is 16.6 Å². The molecule has 1 saturated carbocycles. The lowest BCUT2D eigenvalue weighted by molar-refractivity contribution is -0.127. The normalized spacial score (nSPS) is 15.1. The Morgan fingerprint density at radius 1 is 0.970 bits per heavy atom. The van der Waals surface area contributed by atoms with Gasteiger partial charge in [0.25, 0.3) is 0 Å². The second-order valence-corrected chi connectivity index (χ2v) is 9.33. The number of carbonyl (C=O) groups is 2. The Balaban J connectivity index is 1.75. The zero-order valence-electron chi connectivity index (χ0n) is 18.2. The minimum absolute atomic E-state index is 0.00377. The van der Waals surface area contributed by atoms with Gasteiger partial charge in [0.2, 0.25) is 11.8 Å². The highest BCUT2D eigenvalue weighted by molar-refractivity contribution is 7.10. The van der Waals surface area contributed by atoms with Crippen LogP contribution < -0.4 is 10.2 Å². The number of rotatable bonds is 7. The topological polar surface area (TPSA) is 49.4 Å². The highest BCUT2D eigenvalue weighted by Crippen LogP contribution is 2.31. The molecule has 0 aliphatic heterocycles. The highest BCUT2D eigenvalue weighted by Gasteiger charge is 2.34. The van der Waals surface area contributed by atoms with Crippen molar-refractivity contribution >= 4 is 28.8 Å². The van der Waals surface area contributed by atoms with Crippen molar-refractivity contribution in [1.82, 2.24) is 5.32 Å². The lowest BCUT2D eigenvalue weighted by atomic mass is 9.94. The van der Waals surface area contributed by atoms with E-state index in [0.29, 0.717) is 5.56 Å². The number of benzene rings is 2. The molecule has 1 atom stereocenters. The fraction of sp³-hybridized carbons (Fsp3) is 0.308. The lowest BCUT2D eigenvalue weighted by Gasteiger charge is -2.33. The molecule has 0 bridgehead atoms. The van der Waals surface area contributed by atoms with Crippen molar-refractivity contribution in [3.63, 3.8) is 0 Å². The average molecular weight is 469 g/mol. The Morgan fingerprint density at radius 2 is 1.70 bits per heavy atom. The second kappa shape index (κ2) is 10.7. The molecule has 1 N–H and O–H groups in total. The summed E-state index contributed by atoms with van der Waals surface area (Å²) in [5.74, 6) is -1.78. The fourth-order valence-corrected chi connectivity index (χ4v) is 5.03. The molecule has 4 rings (SSSR count). The van der Waals surface area contributed by atoms with E-state index in [4.69, 9.17) is 0 Å². The third-order valence-corrected chi connectivity index (χ3v) is 6.76. The Kier molecular flexibility index (Phi) is 7.50. The van der Waals surface area contributed by atoms with E-state index in [1.807, 2.05) is 17.5 Å². The zero-order chi connectivity index (χ0) is 23.2. The number of carbonyl (C=O) groups excluding carboxylic acids is 2. The van der Waals surface area contributed by atoms with E-state index in [-0.39, 0.29) is 24.1 Å². The van der Waals surface area contributed by atoms with Crippen LogP contribution in [0.15, 0.2) is 66.0 Å². The quantitative estimate of drug-likeness (QED) is 0.477. The molecule has 33 heavy (non-hydrogen) atoms. The van der Waals surface area contributed by atoms with Crippen LogP contribution in [0.3, 0.4) is 0 Å². The molecule has 7 heteroatoms. The summed E-state index contributed by atoms with van der Waals surface area (Å²) >= 11 is 1.43. The van der Waals surface area contributed by atoms with Crippen LogP contribution in [0.4, 0.5) is 14.5 Å². The number of thiophene rings is 1. The van der Waals surface area contributed by atoms with Crippen LogP contribution in [-0.2, 0) is 16.0 Å². The molecule has 1 aromatic heterocycles. The van der Waals surface area contributed by atoms with Crippen molar-refractivity contribution in [2.45, 2.75) is 50.6 Å². The van der Waals surface area contributed by atoms with Gasteiger partial charge in [-0.25, -0.2) is 8.78 Å². The molecule has 1 aliphatic rings. The van der Waals surface area contributed by atoms with Crippen molar-refractivity contribution in [3.05, 3.63) is 88.1 Å². The first-order chi connectivity index (χ1) is 16.0. The Morgan fingerprint density at radius 3 is 2.36 bits per heavy atom. The van der Waals surface area contributed by atoms with E-state index >= 15 is 0 Å². The first-order valence-electron chi connectivity index (χ1n) is 11.2. The van der Waals surface area contributed by atoms with E-state index in [0.717, 1.165) is 37.0 Å². The number of anilines is 1. The predicted octanol–water partition coefficient (Wildman–Crippen LogP) is 5.79. The summed E-state index contributed by atoms with van der Waals surface area (Å²) in [6, 6.07) is 13.9. The molecule has 2 aromatic carbocycles. The number of nitrogens with one attached hydrogen (secondary N) is 1. The maximum Gasteiger partial charge on any atom is 0.248 e. The molecule has 0 spiro atoms. The largest absolute Gasteiger partial charge is 0.351 e. The highest BCUT2D eigenvalue weighted by atomic mass is 32.1. The number of hydrogen-bond acceptors (Lipinski definition) is 3. The molecule has 1 aliphatic carbocycles. The van der Waals surface area contributed by atoms with Gasteiger partial charge in [0.1, 0.15) is 17.7 Å². The maximum absolute atomic E-state index is 14.2. The van der Waals surface area contributed by atoms with Gasteiger partial charge in [-0.05, 0) is 60.2 Å². The first kappa shape index (κ1) is 23.1. The van der Waals surface area contributed by atoms with Crippen molar-refractivity contribution < 1.29 is 18.4 Å². The summed E-state index contributed by atoms with van der Waals surface area (Å²) in [6.07, 6.45) is 4.97. The van der Waals surface area contributed by atoms with Crippen LogP contribution in [0.2, 0.25) is 0 Å². The summed E-state index contributed by atoms with van der Waals surface area (Å²) in [7, 11) is 0. The lowest BCUT2D eigenvalue weighted by Crippen LogP contribution is -2.47. The summed E-state index contributed by atoms with van der Waals surface area (Å²) in [4.78, 5) is 29.3. The fourth-order valence-electron chi connectivity index (χ4n) is 4.33. The Bertz CT molecular complexity index is 1100. The van der Waals surface area contributed by atoms with Crippen LogP contribution in [0.1, 0.15) is 48.6 Å². The predicted molar refractivity (Wildman–Crippen MR) is 126 cm³/mol. The number of hydrogen-bond donors (Lipinski definition) is 1. The van der Waals surface area contributed by atoms with Gasteiger partial charge in [0.15, 0.2) is 0 Å².